The molecule has 1 aliphatic carbocycles. The molecule has 1 saturated carbocycles. The van der Waals surface area contributed by atoms with E-state index in [-0.39, 0.29) is 5.41 Å². The number of aromatic amines is 1. The van der Waals surface area contributed by atoms with Gasteiger partial charge >= 0.3 is 0 Å². The van der Waals surface area contributed by atoms with Crippen LogP contribution in [0, 0.1) is 17.8 Å². The number of hydrogen-bond donors (Lipinski definition) is 1. The normalized spacial score (nSPS) is 15.5. The summed E-state index contributed by atoms with van der Waals surface area (Å²) >= 11 is 0. The second kappa shape index (κ2) is 3.88. The van der Waals surface area contributed by atoms with Gasteiger partial charge in [0.15, 0.2) is 0 Å². The van der Waals surface area contributed by atoms with Crippen molar-refractivity contribution in [3.63, 3.8) is 0 Å². The van der Waals surface area contributed by atoms with Crippen molar-refractivity contribution in [1.82, 2.24) is 9.97 Å². The van der Waals surface area contributed by atoms with Gasteiger partial charge in [-0.05, 0) is 29.9 Å². The van der Waals surface area contributed by atoms with Crippen LogP contribution in [0.4, 0.5) is 0 Å². The highest BCUT2D eigenvalue weighted by Crippen LogP contribution is 2.29. The Labute approximate surface area is 108 Å². The second-order valence-electron chi connectivity index (χ2n) is 6.12. The second-order valence-corrected chi connectivity index (χ2v) is 6.12. The van der Waals surface area contributed by atoms with Gasteiger partial charge in [-0.25, -0.2) is 4.98 Å². The Hall–Kier alpha value is -1.75. The molecule has 2 nitrogen and oxygen atoms in total. The van der Waals surface area contributed by atoms with Crippen LogP contribution in [-0.2, 0) is 5.41 Å². The molecule has 18 heavy (non-hydrogen) atoms. The number of nitrogens with one attached hydrogen (secondary N) is 1. The number of nitrogens with zero attached hydrogens (tertiary/aromatic N) is 1. The van der Waals surface area contributed by atoms with E-state index in [1.54, 1.807) is 0 Å². The van der Waals surface area contributed by atoms with Crippen LogP contribution in [0.1, 0.15) is 44.7 Å². The summed E-state index contributed by atoms with van der Waals surface area (Å²) in [6, 6.07) is 2.22. The quantitative estimate of drug-likeness (QED) is 0.698. The van der Waals surface area contributed by atoms with Crippen molar-refractivity contribution in [2.75, 3.05) is 0 Å². The molecule has 2 heterocycles. The first-order valence-electron chi connectivity index (χ1n) is 6.53. The minimum Gasteiger partial charge on any atom is -0.345 e. The van der Waals surface area contributed by atoms with E-state index in [0.717, 1.165) is 16.6 Å². The average Bonchev–Trinajstić information content (AvgIpc) is 3.05. The molecule has 1 fully saturated rings. The van der Waals surface area contributed by atoms with E-state index in [1.807, 2.05) is 12.4 Å². The Morgan fingerprint density at radius 1 is 1.33 bits per heavy atom. The molecule has 2 aromatic rings. The van der Waals surface area contributed by atoms with Crippen molar-refractivity contribution in [3.05, 3.63) is 29.6 Å². The molecule has 0 aliphatic heterocycles. The standard InChI is InChI=1S/C16H18N2/c1-16(2,3)13-8-14-12(7-6-11-4-5-11)9-17-15(14)18-10-13/h8-11H,4-5H2,1-3H3,(H,17,18). The number of aromatic nitrogens is 2. The first-order valence-corrected chi connectivity index (χ1v) is 6.53. The molecule has 1 aliphatic rings. The van der Waals surface area contributed by atoms with E-state index < -0.39 is 0 Å². The number of hydrogen-bond acceptors (Lipinski definition) is 1. The Balaban J connectivity index is 2.08. The SMILES string of the molecule is CC(C)(C)c1cnc2[nH]cc(C#CC3CC3)c2c1. The summed E-state index contributed by atoms with van der Waals surface area (Å²) in [5.41, 5.74) is 3.39. The van der Waals surface area contributed by atoms with Crippen LogP contribution in [0.5, 0.6) is 0 Å². The maximum absolute atomic E-state index is 4.49. The van der Waals surface area contributed by atoms with Crippen molar-refractivity contribution in [3.8, 4) is 11.8 Å². The zero-order valence-corrected chi connectivity index (χ0v) is 11.2. The lowest BCUT2D eigenvalue weighted by molar-refractivity contribution is 0.588. The molecular formula is C16H18N2. The molecule has 0 spiro atoms. The Kier molecular flexibility index (Phi) is 2.45. The molecule has 0 saturated heterocycles. The van der Waals surface area contributed by atoms with Crippen molar-refractivity contribution < 1.29 is 0 Å². The third kappa shape index (κ3) is 2.13. The minimum atomic E-state index is 0.125. The predicted octanol–water partition coefficient (Wildman–Crippen LogP) is 3.62. The highest BCUT2D eigenvalue weighted by atomic mass is 14.8. The molecule has 2 heteroatoms. The lowest BCUT2D eigenvalue weighted by Gasteiger charge is -2.18. The third-order valence-corrected chi connectivity index (χ3v) is 3.39. The maximum Gasteiger partial charge on any atom is 0.138 e. The van der Waals surface area contributed by atoms with E-state index in [9.17, 15) is 0 Å². The molecule has 92 valence electrons. The zero-order valence-electron chi connectivity index (χ0n) is 11.2. The monoisotopic (exact) mass is 238 g/mol. The van der Waals surface area contributed by atoms with Crippen LogP contribution in [-0.4, -0.2) is 9.97 Å². The molecule has 0 unspecified atom stereocenters. The lowest BCUT2D eigenvalue weighted by atomic mass is 9.88. The summed E-state index contributed by atoms with van der Waals surface area (Å²) in [6.45, 7) is 6.62. The van der Waals surface area contributed by atoms with E-state index in [2.05, 4.69) is 48.6 Å². The van der Waals surface area contributed by atoms with Gasteiger partial charge in [-0.15, -0.1) is 0 Å². The van der Waals surface area contributed by atoms with Gasteiger partial charge in [0.05, 0.1) is 5.56 Å². The fraction of sp³-hybridized carbons (Fsp3) is 0.438. The maximum atomic E-state index is 4.49. The summed E-state index contributed by atoms with van der Waals surface area (Å²) < 4.78 is 0. The Bertz CT molecular complexity index is 643. The molecular weight excluding hydrogens is 220 g/mol. The topological polar surface area (TPSA) is 28.7 Å². The summed E-state index contributed by atoms with van der Waals surface area (Å²) in [5, 5.41) is 1.15. The summed E-state index contributed by atoms with van der Waals surface area (Å²) in [4.78, 5) is 7.69. The number of rotatable bonds is 0. The largest absolute Gasteiger partial charge is 0.345 e. The molecule has 0 amide bonds. The van der Waals surface area contributed by atoms with E-state index >= 15 is 0 Å². The van der Waals surface area contributed by atoms with Crippen molar-refractivity contribution >= 4 is 11.0 Å². The van der Waals surface area contributed by atoms with E-state index in [0.29, 0.717) is 5.92 Å². The van der Waals surface area contributed by atoms with Gasteiger partial charge in [-0.1, -0.05) is 32.6 Å². The van der Waals surface area contributed by atoms with Gasteiger partial charge in [-0.2, -0.15) is 0 Å². The molecule has 0 atom stereocenters. The van der Waals surface area contributed by atoms with Crippen LogP contribution in [0.15, 0.2) is 18.5 Å². The molecule has 0 bridgehead atoms. The van der Waals surface area contributed by atoms with Gasteiger partial charge in [0, 0.05) is 23.7 Å². The van der Waals surface area contributed by atoms with Crippen molar-refractivity contribution in [1.29, 1.82) is 0 Å². The van der Waals surface area contributed by atoms with Crippen molar-refractivity contribution in [2.24, 2.45) is 5.92 Å². The predicted molar refractivity (Wildman–Crippen MR) is 74.4 cm³/mol. The van der Waals surface area contributed by atoms with Gasteiger partial charge in [0.2, 0.25) is 0 Å². The first-order chi connectivity index (χ1) is 8.54. The van der Waals surface area contributed by atoms with Gasteiger partial charge in [-0.3, -0.25) is 0 Å². The molecule has 0 aromatic carbocycles. The lowest BCUT2D eigenvalue weighted by Crippen LogP contribution is -2.11. The van der Waals surface area contributed by atoms with Gasteiger partial charge in [0.1, 0.15) is 5.65 Å². The first kappa shape index (κ1) is 11.3. The summed E-state index contributed by atoms with van der Waals surface area (Å²) in [6.07, 6.45) is 6.46. The fourth-order valence-electron chi connectivity index (χ4n) is 1.92. The third-order valence-electron chi connectivity index (χ3n) is 3.39. The van der Waals surface area contributed by atoms with Gasteiger partial charge in [0.25, 0.3) is 0 Å². The molecule has 2 aromatic heterocycles. The van der Waals surface area contributed by atoms with Crippen LogP contribution in [0.25, 0.3) is 11.0 Å². The number of H-pyrrole nitrogens is 1. The zero-order chi connectivity index (χ0) is 12.8. The number of pyridine rings is 1. The minimum absolute atomic E-state index is 0.125. The van der Waals surface area contributed by atoms with Crippen LogP contribution >= 0.6 is 0 Å². The highest BCUT2D eigenvalue weighted by Gasteiger charge is 2.18. The summed E-state index contributed by atoms with van der Waals surface area (Å²) in [5.74, 6) is 7.23. The van der Waals surface area contributed by atoms with Crippen LogP contribution < -0.4 is 0 Å². The van der Waals surface area contributed by atoms with Crippen molar-refractivity contribution in [2.45, 2.75) is 39.0 Å². The van der Waals surface area contributed by atoms with Gasteiger partial charge < -0.3 is 4.98 Å². The highest BCUT2D eigenvalue weighted by molar-refractivity contribution is 5.83. The van der Waals surface area contributed by atoms with E-state index in [4.69, 9.17) is 0 Å². The molecule has 0 radical (unpaired) electrons. The smallest absolute Gasteiger partial charge is 0.138 e. The fourth-order valence-corrected chi connectivity index (χ4v) is 1.92. The molecule has 3 rings (SSSR count). The van der Waals surface area contributed by atoms with E-state index in [1.165, 1.54) is 18.4 Å². The summed E-state index contributed by atoms with van der Waals surface area (Å²) in [7, 11) is 0. The molecule has 1 N–H and O–H groups in total. The van der Waals surface area contributed by atoms with Crippen LogP contribution in [0.3, 0.4) is 0 Å². The Morgan fingerprint density at radius 2 is 2.11 bits per heavy atom. The van der Waals surface area contributed by atoms with Crippen LogP contribution in [0.2, 0.25) is 0 Å². The average molecular weight is 238 g/mol. The number of fused-ring (bicyclic) bond motifs is 1. The Morgan fingerprint density at radius 3 is 2.78 bits per heavy atom.